The summed E-state index contributed by atoms with van der Waals surface area (Å²) in [5.41, 5.74) is 1.42. The Balaban J connectivity index is 2.18. The molecule has 3 nitrogen and oxygen atoms in total. The number of aliphatic hydroxyl groups excluding tert-OH is 1. The van der Waals surface area contributed by atoms with Crippen molar-refractivity contribution in [2.45, 2.75) is 38.4 Å². The number of nitrogens with zero attached hydrogens (tertiary/aromatic N) is 1. The molecule has 0 bridgehead atoms. The van der Waals surface area contributed by atoms with Gasteiger partial charge in [-0.1, -0.05) is 30.3 Å². The van der Waals surface area contributed by atoms with Crippen LogP contribution in [-0.4, -0.2) is 41.3 Å². The predicted molar refractivity (Wildman–Crippen MR) is 74.5 cm³/mol. The molecule has 2 unspecified atom stereocenters. The van der Waals surface area contributed by atoms with Crippen molar-refractivity contribution in [2.24, 2.45) is 0 Å². The molecule has 0 aliphatic carbocycles. The van der Waals surface area contributed by atoms with Crippen LogP contribution in [0.3, 0.4) is 0 Å². The number of benzene rings is 1. The average molecular weight is 248 g/mol. The van der Waals surface area contributed by atoms with Crippen LogP contribution in [0.5, 0.6) is 0 Å². The minimum Gasteiger partial charge on any atom is -0.395 e. The van der Waals surface area contributed by atoms with E-state index in [4.69, 9.17) is 0 Å². The number of rotatable bonds is 3. The first-order chi connectivity index (χ1) is 8.53. The van der Waals surface area contributed by atoms with Crippen LogP contribution in [0.15, 0.2) is 30.3 Å². The molecule has 0 radical (unpaired) electrons. The molecule has 1 fully saturated rings. The lowest BCUT2D eigenvalue weighted by atomic mass is 9.95. The van der Waals surface area contributed by atoms with Gasteiger partial charge < -0.3 is 10.4 Å². The maximum atomic E-state index is 9.55. The van der Waals surface area contributed by atoms with Crippen LogP contribution in [0.4, 0.5) is 0 Å². The summed E-state index contributed by atoms with van der Waals surface area (Å²) in [6.45, 7) is 8.66. The lowest BCUT2D eigenvalue weighted by molar-refractivity contribution is 0.0288. The number of hydrogen-bond acceptors (Lipinski definition) is 3. The van der Waals surface area contributed by atoms with E-state index in [0.717, 1.165) is 13.1 Å². The zero-order chi connectivity index (χ0) is 13.2. The Morgan fingerprint density at radius 3 is 2.67 bits per heavy atom. The Kier molecular flexibility index (Phi) is 4.05. The maximum Gasteiger partial charge on any atom is 0.0599 e. The Hall–Kier alpha value is -0.900. The summed E-state index contributed by atoms with van der Waals surface area (Å²) in [7, 11) is 0. The second kappa shape index (κ2) is 5.39. The summed E-state index contributed by atoms with van der Waals surface area (Å²) >= 11 is 0. The number of nitrogens with one attached hydrogen (secondary N) is 1. The van der Waals surface area contributed by atoms with E-state index in [-0.39, 0.29) is 18.2 Å². The van der Waals surface area contributed by atoms with Gasteiger partial charge in [-0.2, -0.15) is 0 Å². The summed E-state index contributed by atoms with van der Waals surface area (Å²) in [5.74, 6) is 0. The van der Waals surface area contributed by atoms with Crippen LogP contribution in [0.25, 0.3) is 0 Å². The van der Waals surface area contributed by atoms with E-state index in [1.807, 2.05) is 6.07 Å². The Morgan fingerprint density at radius 2 is 2.06 bits per heavy atom. The first-order valence-corrected chi connectivity index (χ1v) is 6.70. The second-order valence-electron chi connectivity index (χ2n) is 5.86. The maximum absolute atomic E-state index is 9.55. The lowest BCUT2D eigenvalue weighted by Gasteiger charge is -2.46. The normalized spacial score (nSPS) is 25.9. The number of piperazine rings is 1. The van der Waals surface area contributed by atoms with Crippen molar-refractivity contribution in [1.82, 2.24) is 10.2 Å². The second-order valence-corrected chi connectivity index (χ2v) is 5.86. The van der Waals surface area contributed by atoms with Crippen LogP contribution < -0.4 is 5.32 Å². The third-order valence-corrected chi connectivity index (χ3v) is 3.85. The third-order valence-electron chi connectivity index (χ3n) is 3.85. The highest BCUT2D eigenvalue weighted by atomic mass is 16.3. The Morgan fingerprint density at radius 1 is 1.39 bits per heavy atom. The standard InChI is InChI=1S/C15H24N2O/c1-12(13-7-5-4-6-8-13)17-11-15(2,3)16-9-14(17)10-18/h4-8,12,14,16,18H,9-11H2,1-3H3. The molecule has 0 saturated carbocycles. The van der Waals surface area contributed by atoms with Gasteiger partial charge in [-0.15, -0.1) is 0 Å². The third kappa shape index (κ3) is 2.91. The molecule has 0 spiro atoms. The zero-order valence-electron chi connectivity index (χ0n) is 11.6. The average Bonchev–Trinajstić information content (AvgIpc) is 2.38. The van der Waals surface area contributed by atoms with Gasteiger partial charge in [0, 0.05) is 30.7 Å². The van der Waals surface area contributed by atoms with Crippen LogP contribution in [-0.2, 0) is 0 Å². The highest BCUT2D eigenvalue weighted by molar-refractivity contribution is 5.19. The topological polar surface area (TPSA) is 35.5 Å². The largest absolute Gasteiger partial charge is 0.395 e. The Labute approximate surface area is 110 Å². The van der Waals surface area contributed by atoms with Crippen molar-refractivity contribution < 1.29 is 5.11 Å². The van der Waals surface area contributed by atoms with Crippen LogP contribution in [0.1, 0.15) is 32.4 Å². The number of aliphatic hydroxyl groups is 1. The Bertz CT molecular complexity index is 377. The van der Waals surface area contributed by atoms with E-state index in [1.54, 1.807) is 0 Å². The minimum absolute atomic E-state index is 0.106. The van der Waals surface area contributed by atoms with Gasteiger partial charge in [-0.3, -0.25) is 4.90 Å². The summed E-state index contributed by atoms with van der Waals surface area (Å²) in [6.07, 6.45) is 0. The van der Waals surface area contributed by atoms with E-state index in [9.17, 15) is 5.11 Å². The molecule has 0 amide bonds. The molecular formula is C15H24N2O. The molecule has 2 N–H and O–H groups in total. The molecule has 2 atom stereocenters. The van der Waals surface area contributed by atoms with Crippen molar-refractivity contribution in [2.75, 3.05) is 19.7 Å². The van der Waals surface area contributed by atoms with Gasteiger partial charge in [-0.25, -0.2) is 0 Å². The highest BCUT2D eigenvalue weighted by Gasteiger charge is 2.34. The van der Waals surface area contributed by atoms with Crippen molar-refractivity contribution >= 4 is 0 Å². The van der Waals surface area contributed by atoms with Gasteiger partial charge in [0.2, 0.25) is 0 Å². The SMILES string of the molecule is CC(c1ccccc1)N1CC(C)(C)NCC1CO. The molecular weight excluding hydrogens is 224 g/mol. The quantitative estimate of drug-likeness (QED) is 0.856. The van der Waals surface area contributed by atoms with Crippen LogP contribution in [0.2, 0.25) is 0 Å². The molecule has 2 rings (SSSR count). The van der Waals surface area contributed by atoms with Crippen LogP contribution in [0, 0.1) is 0 Å². The van der Waals surface area contributed by atoms with Crippen LogP contribution >= 0.6 is 0 Å². The monoisotopic (exact) mass is 248 g/mol. The van der Waals surface area contributed by atoms with Crippen molar-refractivity contribution in [1.29, 1.82) is 0 Å². The van der Waals surface area contributed by atoms with E-state index in [0.29, 0.717) is 6.04 Å². The molecule has 18 heavy (non-hydrogen) atoms. The van der Waals surface area contributed by atoms with E-state index < -0.39 is 0 Å². The summed E-state index contributed by atoms with van der Waals surface area (Å²) in [6, 6.07) is 11.1. The lowest BCUT2D eigenvalue weighted by Crippen LogP contribution is -2.62. The fourth-order valence-corrected chi connectivity index (χ4v) is 2.70. The summed E-state index contributed by atoms with van der Waals surface area (Å²) in [4.78, 5) is 2.41. The predicted octanol–water partition coefficient (Wildman–Crippen LogP) is 1.79. The minimum atomic E-state index is 0.106. The smallest absolute Gasteiger partial charge is 0.0599 e. The fraction of sp³-hybridized carbons (Fsp3) is 0.600. The molecule has 1 aromatic rings. The van der Waals surface area contributed by atoms with Gasteiger partial charge in [0.25, 0.3) is 0 Å². The number of hydrogen-bond donors (Lipinski definition) is 2. The fourth-order valence-electron chi connectivity index (χ4n) is 2.70. The van der Waals surface area contributed by atoms with Gasteiger partial charge in [0.15, 0.2) is 0 Å². The van der Waals surface area contributed by atoms with Gasteiger partial charge in [0.1, 0.15) is 0 Å². The van der Waals surface area contributed by atoms with E-state index in [2.05, 4.69) is 55.3 Å². The molecule has 3 heteroatoms. The van der Waals surface area contributed by atoms with Gasteiger partial charge >= 0.3 is 0 Å². The summed E-state index contributed by atoms with van der Waals surface area (Å²) in [5, 5.41) is 13.0. The molecule has 0 aromatic heterocycles. The first-order valence-electron chi connectivity index (χ1n) is 6.70. The summed E-state index contributed by atoms with van der Waals surface area (Å²) < 4.78 is 0. The van der Waals surface area contributed by atoms with Gasteiger partial charge in [-0.05, 0) is 26.3 Å². The molecule has 1 aromatic carbocycles. The molecule has 100 valence electrons. The van der Waals surface area contributed by atoms with E-state index >= 15 is 0 Å². The van der Waals surface area contributed by atoms with E-state index in [1.165, 1.54) is 5.56 Å². The molecule has 1 aliphatic rings. The molecule has 1 aliphatic heterocycles. The highest BCUT2D eigenvalue weighted by Crippen LogP contribution is 2.26. The van der Waals surface area contributed by atoms with Crippen molar-refractivity contribution in [3.63, 3.8) is 0 Å². The first kappa shape index (κ1) is 13.5. The van der Waals surface area contributed by atoms with Crippen molar-refractivity contribution in [3.8, 4) is 0 Å². The van der Waals surface area contributed by atoms with Gasteiger partial charge in [0.05, 0.1) is 6.61 Å². The zero-order valence-corrected chi connectivity index (χ0v) is 11.6. The molecule has 1 heterocycles. The molecule has 1 saturated heterocycles. The van der Waals surface area contributed by atoms with Crippen molar-refractivity contribution in [3.05, 3.63) is 35.9 Å².